The predicted molar refractivity (Wildman–Crippen MR) is 97.2 cm³/mol. The van der Waals surface area contributed by atoms with Crippen molar-refractivity contribution in [3.8, 4) is 5.69 Å². The highest BCUT2D eigenvalue weighted by Crippen LogP contribution is 2.28. The Hall–Kier alpha value is -3.76. The van der Waals surface area contributed by atoms with E-state index in [4.69, 9.17) is 0 Å². The number of anilines is 2. The van der Waals surface area contributed by atoms with E-state index < -0.39 is 35.3 Å². The summed E-state index contributed by atoms with van der Waals surface area (Å²) in [5, 5.41) is 8.06. The van der Waals surface area contributed by atoms with E-state index in [1.165, 1.54) is 24.3 Å². The summed E-state index contributed by atoms with van der Waals surface area (Å²) in [6.07, 6.45) is -3.46. The highest BCUT2D eigenvalue weighted by Gasteiger charge is 2.33. The van der Waals surface area contributed by atoms with Crippen molar-refractivity contribution in [3.05, 3.63) is 71.6 Å². The van der Waals surface area contributed by atoms with Crippen LogP contribution < -0.4 is 10.6 Å². The molecule has 0 aliphatic heterocycles. The first-order valence-corrected chi connectivity index (χ1v) is 8.36. The van der Waals surface area contributed by atoms with Gasteiger partial charge in [0.2, 0.25) is 5.91 Å². The molecule has 3 rings (SSSR count). The van der Waals surface area contributed by atoms with Crippen molar-refractivity contribution in [1.82, 2.24) is 9.78 Å². The summed E-state index contributed by atoms with van der Waals surface area (Å²) in [6, 6.07) is 7.62. The van der Waals surface area contributed by atoms with Crippen LogP contribution >= 0.6 is 0 Å². The van der Waals surface area contributed by atoms with Gasteiger partial charge in [0.1, 0.15) is 0 Å². The van der Waals surface area contributed by atoms with Gasteiger partial charge in [-0.1, -0.05) is 0 Å². The Morgan fingerprint density at radius 2 is 1.50 bits per heavy atom. The molecule has 0 aliphatic carbocycles. The molecule has 2 amide bonds. The summed E-state index contributed by atoms with van der Waals surface area (Å²) in [4.78, 5) is 23.7. The van der Waals surface area contributed by atoms with Crippen LogP contribution in [-0.2, 0) is 11.0 Å². The van der Waals surface area contributed by atoms with Gasteiger partial charge in [-0.3, -0.25) is 9.59 Å². The Balaban J connectivity index is 1.81. The number of carbonyl (C=O) groups is 2. The molecule has 6 nitrogen and oxygen atoms in total. The first kappa shape index (κ1) is 21.0. The van der Waals surface area contributed by atoms with Gasteiger partial charge in [0.15, 0.2) is 17.3 Å². The first-order valence-electron chi connectivity index (χ1n) is 8.36. The third-order valence-electron chi connectivity index (χ3n) is 3.89. The lowest BCUT2D eigenvalue weighted by Crippen LogP contribution is -2.16. The molecule has 2 N–H and O–H groups in total. The van der Waals surface area contributed by atoms with Crippen molar-refractivity contribution in [1.29, 1.82) is 0 Å². The van der Waals surface area contributed by atoms with Gasteiger partial charge in [-0.25, -0.2) is 13.5 Å². The van der Waals surface area contributed by atoms with Crippen LogP contribution in [0.1, 0.15) is 23.0 Å². The van der Waals surface area contributed by atoms with Crippen LogP contribution in [0.4, 0.5) is 33.3 Å². The predicted octanol–water partition coefficient (Wildman–Crippen LogP) is 4.38. The fraction of sp³-hybridized carbons (Fsp3) is 0.105. The van der Waals surface area contributed by atoms with E-state index in [0.717, 1.165) is 36.0 Å². The quantitative estimate of drug-likeness (QED) is 0.611. The van der Waals surface area contributed by atoms with Gasteiger partial charge >= 0.3 is 6.18 Å². The molecule has 0 bridgehead atoms. The molecule has 0 saturated heterocycles. The molecular weight excluding hydrogens is 411 g/mol. The zero-order valence-corrected chi connectivity index (χ0v) is 15.2. The molecule has 0 fully saturated rings. The maximum Gasteiger partial charge on any atom is 0.435 e. The van der Waals surface area contributed by atoms with Crippen molar-refractivity contribution in [3.63, 3.8) is 0 Å². The second-order valence-electron chi connectivity index (χ2n) is 6.14. The maximum atomic E-state index is 13.5. The van der Waals surface area contributed by atoms with E-state index in [2.05, 4.69) is 15.7 Å². The number of nitrogens with one attached hydrogen (secondary N) is 2. The van der Waals surface area contributed by atoms with E-state index in [9.17, 15) is 31.5 Å². The zero-order chi connectivity index (χ0) is 22.1. The van der Waals surface area contributed by atoms with Gasteiger partial charge in [-0.15, -0.1) is 0 Å². The van der Waals surface area contributed by atoms with Crippen LogP contribution in [-0.4, -0.2) is 21.6 Å². The molecule has 30 heavy (non-hydrogen) atoms. The molecule has 3 aromatic rings. The molecule has 0 unspecified atom stereocenters. The lowest BCUT2D eigenvalue weighted by atomic mass is 10.1. The maximum absolute atomic E-state index is 13.5. The van der Waals surface area contributed by atoms with Gasteiger partial charge in [0.05, 0.1) is 17.1 Å². The second kappa shape index (κ2) is 7.93. The number of hydrogen-bond donors (Lipinski definition) is 2. The second-order valence-corrected chi connectivity index (χ2v) is 6.14. The van der Waals surface area contributed by atoms with Crippen molar-refractivity contribution in [2.24, 2.45) is 0 Å². The highest BCUT2D eigenvalue weighted by molar-refractivity contribution is 6.07. The Morgan fingerprint density at radius 1 is 0.933 bits per heavy atom. The Bertz CT molecular complexity index is 1110. The van der Waals surface area contributed by atoms with Gasteiger partial charge in [-0.2, -0.15) is 18.3 Å². The van der Waals surface area contributed by atoms with Crippen LogP contribution in [0.25, 0.3) is 5.69 Å². The average molecular weight is 424 g/mol. The molecule has 156 valence electrons. The minimum atomic E-state index is -4.58. The minimum Gasteiger partial charge on any atom is -0.324 e. The smallest absolute Gasteiger partial charge is 0.324 e. The van der Waals surface area contributed by atoms with Crippen molar-refractivity contribution in [2.45, 2.75) is 13.1 Å². The third-order valence-corrected chi connectivity index (χ3v) is 3.89. The molecule has 11 heteroatoms. The van der Waals surface area contributed by atoms with E-state index >= 15 is 0 Å². The van der Waals surface area contributed by atoms with E-state index in [1.807, 2.05) is 0 Å². The normalized spacial score (nSPS) is 11.3. The summed E-state index contributed by atoms with van der Waals surface area (Å²) in [5.74, 6) is -3.71. The molecule has 0 aliphatic rings. The monoisotopic (exact) mass is 424 g/mol. The standard InChI is InChI=1S/C19H13F5N4O2/c1-10(29)25-15-8-13(20)14(21)9-16(15)26-18(30)11-2-4-12(5-3-11)28-7-6-17(27-28)19(22,23)24/h2-9H,1H3,(H,25,29)(H,26,30). The van der Waals surface area contributed by atoms with Crippen LogP contribution in [0.3, 0.4) is 0 Å². The topological polar surface area (TPSA) is 76.0 Å². The molecular formula is C19H13F5N4O2. The van der Waals surface area contributed by atoms with Gasteiger partial charge in [0.25, 0.3) is 5.91 Å². The number of halogens is 5. The molecule has 2 aromatic carbocycles. The zero-order valence-electron chi connectivity index (χ0n) is 15.2. The number of amides is 2. The van der Waals surface area contributed by atoms with Crippen molar-refractivity contribution >= 4 is 23.2 Å². The SMILES string of the molecule is CC(=O)Nc1cc(F)c(F)cc1NC(=O)c1ccc(-n2ccc(C(F)(F)F)n2)cc1. The fourth-order valence-corrected chi connectivity index (χ4v) is 2.52. The van der Waals surface area contributed by atoms with Gasteiger partial charge in [-0.05, 0) is 30.3 Å². The Morgan fingerprint density at radius 3 is 2.00 bits per heavy atom. The summed E-state index contributed by atoms with van der Waals surface area (Å²) in [6.45, 7) is 1.16. The molecule has 0 radical (unpaired) electrons. The van der Waals surface area contributed by atoms with Crippen molar-refractivity contribution in [2.75, 3.05) is 10.6 Å². The van der Waals surface area contributed by atoms with Gasteiger partial charge < -0.3 is 10.6 Å². The fourth-order valence-electron chi connectivity index (χ4n) is 2.52. The summed E-state index contributed by atoms with van der Waals surface area (Å²) in [5.41, 5.74) is -1.01. The van der Waals surface area contributed by atoms with Crippen LogP contribution in [0.2, 0.25) is 0 Å². The minimum absolute atomic E-state index is 0.0838. The third kappa shape index (κ3) is 4.62. The number of carbonyl (C=O) groups excluding carboxylic acids is 2. The largest absolute Gasteiger partial charge is 0.435 e. The molecule has 1 aromatic heterocycles. The summed E-state index contributed by atoms with van der Waals surface area (Å²) >= 11 is 0. The summed E-state index contributed by atoms with van der Waals surface area (Å²) < 4.78 is 65.9. The number of alkyl halides is 3. The number of aromatic nitrogens is 2. The number of nitrogens with zero attached hydrogens (tertiary/aromatic N) is 2. The van der Waals surface area contributed by atoms with E-state index in [-0.39, 0.29) is 22.6 Å². The number of hydrogen-bond acceptors (Lipinski definition) is 3. The highest BCUT2D eigenvalue weighted by atomic mass is 19.4. The van der Waals surface area contributed by atoms with Crippen molar-refractivity contribution < 1.29 is 31.5 Å². The molecule has 1 heterocycles. The van der Waals surface area contributed by atoms with Crippen LogP contribution in [0.5, 0.6) is 0 Å². The van der Waals surface area contributed by atoms with Crippen LogP contribution in [0, 0.1) is 11.6 Å². The Kier molecular flexibility index (Phi) is 5.54. The first-order chi connectivity index (χ1) is 14.0. The van der Waals surface area contributed by atoms with Crippen LogP contribution in [0.15, 0.2) is 48.7 Å². The number of rotatable bonds is 4. The van der Waals surface area contributed by atoms with Gasteiger partial charge in [0, 0.05) is 30.8 Å². The molecule has 0 atom stereocenters. The Labute approximate surface area is 166 Å². The van der Waals surface area contributed by atoms with E-state index in [0.29, 0.717) is 0 Å². The average Bonchev–Trinajstić information content (AvgIpc) is 3.16. The number of benzene rings is 2. The molecule has 0 saturated carbocycles. The lowest BCUT2D eigenvalue weighted by molar-refractivity contribution is -0.141. The lowest BCUT2D eigenvalue weighted by Gasteiger charge is -2.12. The summed E-state index contributed by atoms with van der Waals surface area (Å²) in [7, 11) is 0. The van der Waals surface area contributed by atoms with E-state index in [1.54, 1.807) is 0 Å². The molecule has 0 spiro atoms.